The molecular formula is C13H16N2O. The number of benzene rings is 1. The van der Waals surface area contributed by atoms with Gasteiger partial charge in [-0.1, -0.05) is 24.3 Å². The summed E-state index contributed by atoms with van der Waals surface area (Å²) in [5, 5.41) is 11.4. The van der Waals surface area contributed by atoms with Crippen LogP contribution in [0.25, 0.3) is 10.8 Å². The molecule has 3 nitrogen and oxygen atoms in total. The molecule has 2 rings (SSSR count). The number of fused-ring (bicyclic) bond motifs is 1. The average molecular weight is 216 g/mol. The van der Waals surface area contributed by atoms with Crippen molar-refractivity contribution < 1.29 is 5.11 Å². The molecule has 0 amide bonds. The molecule has 1 N–H and O–H groups in total. The van der Waals surface area contributed by atoms with Crippen LogP contribution >= 0.6 is 0 Å². The highest BCUT2D eigenvalue weighted by atomic mass is 16.3. The molecule has 0 radical (unpaired) electrons. The molecule has 1 aromatic carbocycles. The quantitative estimate of drug-likeness (QED) is 0.849. The van der Waals surface area contributed by atoms with Crippen LogP contribution in [0.2, 0.25) is 0 Å². The third kappa shape index (κ3) is 1.99. The fourth-order valence-corrected chi connectivity index (χ4v) is 1.89. The Morgan fingerprint density at radius 1 is 1.25 bits per heavy atom. The first-order valence-corrected chi connectivity index (χ1v) is 5.56. The fraction of sp³-hybridized carbons (Fsp3) is 0.308. The summed E-state index contributed by atoms with van der Waals surface area (Å²) < 4.78 is 0. The molecule has 0 spiro atoms. The van der Waals surface area contributed by atoms with Gasteiger partial charge in [0.1, 0.15) is 5.82 Å². The molecular weight excluding hydrogens is 200 g/mol. The van der Waals surface area contributed by atoms with Crippen molar-refractivity contribution in [2.24, 2.45) is 0 Å². The fourth-order valence-electron chi connectivity index (χ4n) is 1.89. The zero-order chi connectivity index (χ0) is 11.4. The second-order valence-corrected chi connectivity index (χ2v) is 3.66. The number of rotatable bonds is 4. The number of likely N-dealkylation sites (N-methyl/N-ethyl adjacent to an activating group) is 1. The zero-order valence-electron chi connectivity index (χ0n) is 9.43. The Balaban J connectivity index is 2.50. The summed E-state index contributed by atoms with van der Waals surface area (Å²) in [5.41, 5.74) is 0. The summed E-state index contributed by atoms with van der Waals surface area (Å²) in [4.78, 5) is 6.50. The molecule has 0 fully saturated rings. The Morgan fingerprint density at radius 3 is 2.81 bits per heavy atom. The van der Waals surface area contributed by atoms with Crippen LogP contribution in [-0.4, -0.2) is 29.8 Å². The number of pyridine rings is 1. The number of nitrogens with zero attached hydrogens (tertiary/aromatic N) is 2. The highest BCUT2D eigenvalue weighted by molar-refractivity contribution is 5.92. The van der Waals surface area contributed by atoms with Crippen LogP contribution < -0.4 is 4.90 Å². The van der Waals surface area contributed by atoms with Gasteiger partial charge in [-0.3, -0.25) is 0 Å². The average Bonchev–Trinajstić information content (AvgIpc) is 2.35. The molecule has 0 bridgehead atoms. The maximum Gasteiger partial charge on any atom is 0.136 e. The molecule has 0 unspecified atom stereocenters. The highest BCUT2D eigenvalue weighted by Crippen LogP contribution is 2.23. The van der Waals surface area contributed by atoms with Crippen molar-refractivity contribution >= 4 is 16.6 Å². The number of hydrogen-bond donors (Lipinski definition) is 1. The van der Waals surface area contributed by atoms with Crippen molar-refractivity contribution in [3.05, 3.63) is 36.5 Å². The van der Waals surface area contributed by atoms with Gasteiger partial charge in [0.2, 0.25) is 0 Å². The number of aliphatic hydroxyl groups is 1. The second kappa shape index (κ2) is 4.94. The van der Waals surface area contributed by atoms with Crippen LogP contribution in [-0.2, 0) is 0 Å². The summed E-state index contributed by atoms with van der Waals surface area (Å²) in [6.07, 6.45) is 1.82. The topological polar surface area (TPSA) is 36.4 Å². The van der Waals surface area contributed by atoms with Gasteiger partial charge < -0.3 is 10.0 Å². The second-order valence-electron chi connectivity index (χ2n) is 3.66. The van der Waals surface area contributed by atoms with Gasteiger partial charge in [-0.05, 0) is 18.4 Å². The van der Waals surface area contributed by atoms with Gasteiger partial charge in [-0.25, -0.2) is 4.98 Å². The van der Waals surface area contributed by atoms with Crippen LogP contribution in [0.4, 0.5) is 5.82 Å². The standard InChI is InChI=1S/C13H16N2O/c1-2-15(9-10-16)13-12-6-4-3-5-11(12)7-8-14-13/h3-8,16H,2,9-10H2,1H3. The van der Waals surface area contributed by atoms with E-state index in [9.17, 15) is 0 Å². The van der Waals surface area contributed by atoms with Crippen molar-refractivity contribution in [3.63, 3.8) is 0 Å². The van der Waals surface area contributed by atoms with Crippen molar-refractivity contribution in [3.8, 4) is 0 Å². The molecule has 3 heteroatoms. The van der Waals surface area contributed by atoms with E-state index in [1.54, 1.807) is 0 Å². The Kier molecular flexibility index (Phi) is 3.37. The molecule has 0 aliphatic heterocycles. The van der Waals surface area contributed by atoms with E-state index in [4.69, 9.17) is 5.11 Å². The van der Waals surface area contributed by atoms with Crippen molar-refractivity contribution in [1.29, 1.82) is 0 Å². The first-order chi connectivity index (χ1) is 7.86. The Bertz CT molecular complexity index is 465. The van der Waals surface area contributed by atoms with Crippen LogP contribution in [0.1, 0.15) is 6.92 Å². The molecule has 0 saturated heterocycles. The minimum Gasteiger partial charge on any atom is -0.395 e. The smallest absolute Gasteiger partial charge is 0.136 e. The highest BCUT2D eigenvalue weighted by Gasteiger charge is 2.08. The van der Waals surface area contributed by atoms with Gasteiger partial charge in [0.15, 0.2) is 0 Å². The van der Waals surface area contributed by atoms with E-state index in [1.807, 2.05) is 24.4 Å². The third-order valence-electron chi connectivity index (χ3n) is 2.70. The minimum atomic E-state index is 0.152. The molecule has 1 aromatic heterocycles. The van der Waals surface area contributed by atoms with Gasteiger partial charge in [0.05, 0.1) is 6.61 Å². The van der Waals surface area contributed by atoms with Crippen LogP contribution in [0.5, 0.6) is 0 Å². The maximum absolute atomic E-state index is 9.03. The Morgan fingerprint density at radius 2 is 2.06 bits per heavy atom. The minimum absolute atomic E-state index is 0.152. The summed E-state index contributed by atoms with van der Waals surface area (Å²) >= 11 is 0. The summed E-state index contributed by atoms with van der Waals surface area (Å²) in [7, 11) is 0. The monoisotopic (exact) mass is 216 g/mol. The molecule has 0 aliphatic rings. The van der Waals surface area contributed by atoms with E-state index in [0.717, 1.165) is 17.7 Å². The predicted octanol–water partition coefficient (Wildman–Crippen LogP) is 2.05. The van der Waals surface area contributed by atoms with Crippen molar-refractivity contribution in [2.45, 2.75) is 6.92 Å². The van der Waals surface area contributed by atoms with Gasteiger partial charge in [0.25, 0.3) is 0 Å². The van der Waals surface area contributed by atoms with E-state index >= 15 is 0 Å². The predicted molar refractivity (Wildman–Crippen MR) is 66.7 cm³/mol. The molecule has 0 atom stereocenters. The molecule has 2 aromatic rings. The zero-order valence-corrected chi connectivity index (χ0v) is 9.43. The van der Waals surface area contributed by atoms with E-state index in [-0.39, 0.29) is 6.61 Å². The molecule has 84 valence electrons. The van der Waals surface area contributed by atoms with Gasteiger partial charge in [0, 0.05) is 24.7 Å². The molecule has 1 heterocycles. The normalized spacial score (nSPS) is 10.6. The molecule has 16 heavy (non-hydrogen) atoms. The summed E-state index contributed by atoms with van der Waals surface area (Å²) in [6, 6.07) is 10.2. The van der Waals surface area contributed by atoms with Crippen LogP contribution in [0, 0.1) is 0 Å². The first kappa shape index (κ1) is 10.9. The van der Waals surface area contributed by atoms with E-state index in [2.05, 4.69) is 28.9 Å². The van der Waals surface area contributed by atoms with Crippen LogP contribution in [0.15, 0.2) is 36.5 Å². The number of anilines is 1. The number of hydrogen-bond acceptors (Lipinski definition) is 3. The van der Waals surface area contributed by atoms with Gasteiger partial charge in [-0.2, -0.15) is 0 Å². The van der Waals surface area contributed by atoms with E-state index in [0.29, 0.717) is 6.54 Å². The molecule has 0 aliphatic carbocycles. The summed E-state index contributed by atoms with van der Waals surface area (Å²) in [6.45, 7) is 3.69. The Hall–Kier alpha value is -1.61. The first-order valence-electron chi connectivity index (χ1n) is 5.56. The lowest BCUT2D eigenvalue weighted by atomic mass is 10.1. The van der Waals surface area contributed by atoms with Crippen molar-refractivity contribution in [2.75, 3.05) is 24.6 Å². The van der Waals surface area contributed by atoms with Crippen LogP contribution in [0.3, 0.4) is 0 Å². The number of aromatic nitrogens is 1. The third-order valence-corrected chi connectivity index (χ3v) is 2.70. The lowest BCUT2D eigenvalue weighted by Gasteiger charge is -2.22. The van der Waals surface area contributed by atoms with Gasteiger partial charge >= 0.3 is 0 Å². The Labute approximate surface area is 95.3 Å². The molecule has 0 saturated carbocycles. The largest absolute Gasteiger partial charge is 0.395 e. The van der Waals surface area contributed by atoms with E-state index in [1.165, 1.54) is 5.39 Å². The van der Waals surface area contributed by atoms with Crippen molar-refractivity contribution in [1.82, 2.24) is 4.98 Å². The SMILES string of the molecule is CCN(CCO)c1nccc2ccccc12. The summed E-state index contributed by atoms with van der Waals surface area (Å²) in [5.74, 6) is 0.953. The van der Waals surface area contributed by atoms with Gasteiger partial charge in [-0.15, -0.1) is 0 Å². The van der Waals surface area contributed by atoms with E-state index < -0.39 is 0 Å². The lowest BCUT2D eigenvalue weighted by Crippen LogP contribution is -2.27. The maximum atomic E-state index is 9.03. The number of aliphatic hydroxyl groups excluding tert-OH is 1. The lowest BCUT2D eigenvalue weighted by molar-refractivity contribution is 0.302.